The van der Waals surface area contributed by atoms with E-state index in [1.165, 1.54) is 12.1 Å². The minimum Gasteiger partial charge on any atom is -0.354 e. The fourth-order valence-electron chi connectivity index (χ4n) is 3.58. The minimum atomic E-state index is -4.46. The van der Waals surface area contributed by atoms with Crippen LogP contribution in [0.3, 0.4) is 0 Å². The third kappa shape index (κ3) is 4.99. The first-order valence-electron chi connectivity index (χ1n) is 9.87. The van der Waals surface area contributed by atoms with Crippen molar-refractivity contribution in [3.8, 4) is 11.3 Å². The average molecular weight is 427 g/mol. The fourth-order valence-corrected chi connectivity index (χ4v) is 3.58. The van der Waals surface area contributed by atoms with Crippen LogP contribution < -0.4 is 10.2 Å². The minimum absolute atomic E-state index is 0.137. The number of nitrogens with one attached hydrogen (secondary N) is 1. The van der Waals surface area contributed by atoms with Crippen LogP contribution in [-0.2, 0) is 11.0 Å². The number of aromatic nitrogens is 3. The van der Waals surface area contributed by atoms with Gasteiger partial charge in [0.1, 0.15) is 0 Å². The Morgan fingerprint density at radius 3 is 2.68 bits per heavy atom. The molecule has 31 heavy (non-hydrogen) atoms. The van der Waals surface area contributed by atoms with Gasteiger partial charge in [-0.25, -0.2) is 0 Å². The van der Waals surface area contributed by atoms with Gasteiger partial charge in [0.05, 0.1) is 17.2 Å². The molecular formula is C22H20F3N5O. The summed E-state index contributed by atoms with van der Waals surface area (Å²) >= 11 is 0. The maximum atomic E-state index is 12.9. The van der Waals surface area contributed by atoms with E-state index in [1.807, 2.05) is 29.2 Å². The lowest BCUT2D eigenvalue weighted by Gasteiger charge is -2.32. The highest BCUT2D eigenvalue weighted by molar-refractivity contribution is 5.93. The molecule has 3 aromatic rings. The standard InChI is InChI=1S/C22H20F3N5O/c23-22(24,25)17-6-1-7-18(12-17)27-21(31)16-5-3-11-30(14-16)20-9-8-19(28-29-20)15-4-2-10-26-13-15/h1-2,4,6-10,12-13,16H,3,5,11,14H2,(H,27,31). The van der Waals surface area contributed by atoms with Gasteiger partial charge in [0, 0.05) is 36.7 Å². The van der Waals surface area contributed by atoms with E-state index in [1.54, 1.807) is 12.4 Å². The fraction of sp³-hybridized carbons (Fsp3) is 0.273. The molecule has 2 aromatic heterocycles. The third-order valence-corrected chi connectivity index (χ3v) is 5.18. The summed E-state index contributed by atoms with van der Waals surface area (Å²) in [6, 6.07) is 12.1. The number of alkyl halides is 3. The van der Waals surface area contributed by atoms with Gasteiger partial charge in [0.25, 0.3) is 0 Å². The average Bonchev–Trinajstić information content (AvgIpc) is 2.79. The predicted octanol–water partition coefficient (Wildman–Crippen LogP) is 4.41. The lowest BCUT2D eigenvalue weighted by Crippen LogP contribution is -2.41. The normalized spacial score (nSPS) is 16.7. The maximum absolute atomic E-state index is 12.9. The second-order valence-corrected chi connectivity index (χ2v) is 7.37. The molecule has 160 valence electrons. The van der Waals surface area contributed by atoms with Crippen LogP contribution in [-0.4, -0.2) is 34.2 Å². The number of halogens is 3. The number of hydrogen-bond acceptors (Lipinski definition) is 5. The number of pyridine rings is 1. The van der Waals surface area contributed by atoms with E-state index < -0.39 is 11.7 Å². The van der Waals surface area contributed by atoms with Gasteiger partial charge in [-0.3, -0.25) is 9.78 Å². The Kier molecular flexibility index (Phi) is 5.83. The molecular weight excluding hydrogens is 407 g/mol. The molecule has 1 aliphatic heterocycles. The molecule has 0 saturated carbocycles. The number of amides is 1. The quantitative estimate of drug-likeness (QED) is 0.668. The van der Waals surface area contributed by atoms with E-state index in [9.17, 15) is 18.0 Å². The molecule has 0 bridgehead atoms. The molecule has 0 radical (unpaired) electrons. The van der Waals surface area contributed by atoms with Crippen LogP contribution in [0.4, 0.5) is 24.7 Å². The van der Waals surface area contributed by atoms with Crippen LogP contribution in [0.2, 0.25) is 0 Å². The summed E-state index contributed by atoms with van der Waals surface area (Å²) in [4.78, 5) is 18.7. The zero-order chi connectivity index (χ0) is 21.8. The van der Waals surface area contributed by atoms with Crippen molar-refractivity contribution < 1.29 is 18.0 Å². The predicted molar refractivity (Wildman–Crippen MR) is 110 cm³/mol. The molecule has 0 spiro atoms. The monoisotopic (exact) mass is 427 g/mol. The van der Waals surface area contributed by atoms with Crippen molar-refractivity contribution in [2.45, 2.75) is 19.0 Å². The highest BCUT2D eigenvalue weighted by atomic mass is 19.4. The topological polar surface area (TPSA) is 71.0 Å². The smallest absolute Gasteiger partial charge is 0.354 e. The van der Waals surface area contributed by atoms with Crippen LogP contribution in [0.5, 0.6) is 0 Å². The van der Waals surface area contributed by atoms with E-state index >= 15 is 0 Å². The first-order chi connectivity index (χ1) is 14.9. The SMILES string of the molecule is O=C(Nc1cccc(C(F)(F)F)c1)C1CCCN(c2ccc(-c3cccnc3)nn2)C1. The number of benzene rings is 1. The summed E-state index contributed by atoms with van der Waals surface area (Å²) in [6.45, 7) is 1.15. The van der Waals surface area contributed by atoms with Gasteiger partial charge in [-0.2, -0.15) is 13.2 Å². The third-order valence-electron chi connectivity index (χ3n) is 5.18. The van der Waals surface area contributed by atoms with Crippen LogP contribution in [0, 0.1) is 5.92 Å². The molecule has 0 aliphatic carbocycles. The Morgan fingerprint density at radius 2 is 1.97 bits per heavy atom. The zero-order valence-electron chi connectivity index (χ0n) is 16.5. The molecule has 1 N–H and O–H groups in total. The van der Waals surface area contributed by atoms with Gasteiger partial charge in [-0.15, -0.1) is 10.2 Å². The molecule has 3 heterocycles. The van der Waals surface area contributed by atoms with E-state index in [4.69, 9.17) is 0 Å². The van der Waals surface area contributed by atoms with E-state index in [2.05, 4.69) is 20.5 Å². The van der Waals surface area contributed by atoms with Crippen molar-refractivity contribution in [1.82, 2.24) is 15.2 Å². The highest BCUT2D eigenvalue weighted by Crippen LogP contribution is 2.31. The van der Waals surface area contributed by atoms with Gasteiger partial charge >= 0.3 is 6.18 Å². The Hall–Kier alpha value is -3.49. The molecule has 1 aromatic carbocycles. The molecule has 6 nitrogen and oxygen atoms in total. The Bertz CT molecular complexity index is 1040. The number of carbonyl (C=O) groups is 1. The van der Waals surface area contributed by atoms with E-state index in [0.717, 1.165) is 30.7 Å². The second kappa shape index (κ2) is 8.71. The Balaban J connectivity index is 1.42. The summed E-state index contributed by atoms with van der Waals surface area (Å²) in [5, 5.41) is 11.2. The van der Waals surface area contributed by atoms with Crippen molar-refractivity contribution >= 4 is 17.4 Å². The van der Waals surface area contributed by atoms with Crippen molar-refractivity contribution in [3.63, 3.8) is 0 Å². The first-order valence-corrected chi connectivity index (χ1v) is 9.87. The number of anilines is 2. The maximum Gasteiger partial charge on any atom is 0.416 e. The summed E-state index contributed by atoms with van der Waals surface area (Å²) in [5.74, 6) is -0.00346. The lowest BCUT2D eigenvalue weighted by atomic mass is 9.97. The number of piperidine rings is 1. The van der Waals surface area contributed by atoms with Crippen molar-refractivity contribution in [2.75, 3.05) is 23.3 Å². The molecule has 4 rings (SSSR count). The summed E-state index contributed by atoms with van der Waals surface area (Å²) in [5.41, 5.74) is 0.906. The van der Waals surface area contributed by atoms with Gasteiger partial charge in [-0.05, 0) is 55.3 Å². The second-order valence-electron chi connectivity index (χ2n) is 7.37. The van der Waals surface area contributed by atoms with Gasteiger partial charge in [-0.1, -0.05) is 6.07 Å². The van der Waals surface area contributed by atoms with E-state index in [-0.39, 0.29) is 17.5 Å². The highest BCUT2D eigenvalue weighted by Gasteiger charge is 2.31. The summed E-state index contributed by atoms with van der Waals surface area (Å²) in [6.07, 6.45) is 0.362. The number of hydrogen-bond donors (Lipinski definition) is 1. The van der Waals surface area contributed by atoms with Gasteiger partial charge in [0.15, 0.2) is 5.82 Å². The van der Waals surface area contributed by atoms with Crippen LogP contribution in [0.15, 0.2) is 60.9 Å². The lowest BCUT2D eigenvalue weighted by molar-refractivity contribution is -0.137. The van der Waals surface area contributed by atoms with E-state index in [0.29, 0.717) is 24.5 Å². The Labute approximate surface area is 177 Å². The van der Waals surface area contributed by atoms with Crippen molar-refractivity contribution in [3.05, 3.63) is 66.5 Å². The number of carbonyl (C=O) groups excluding carboxylic acids is 1. The molecule has 1 aliphatic rings. The molecule has 1 unspecified atom stereocenters. The van der Waals surface area contributed by atoms with Crippen LogP contribution in [0.25, 0.3) is 11.3 Å². The Morgan fingerprint density at radius 1 is 1.10 bits per heavy atom. The van der Waals surface area contributed by atoms with Crippen LogP contribution >= 0.6 is 0 Å². The molecule has 1 saturated heterocycles. The van der Waals surface area contributed by atoms with Gasteiger partial charge < -0.3 is 10.2 Å². The van der Waals surface area contributed by atoms with Crippen molar-refractivity contribution in [2.24, 2.45) is 5.92 Å². The van der Waals surface area contributed by atoms with Crippen molar-refractivity contribution in [1.29, 1.82) is 0 Å². The van der Waals surface area contributed by atoms with Gasteiger partial charge in [0.2, 0.25) is 5.91 Å². The first kappa shape index (κ1) is 20.8. The van der Waals surface area contributed by atoms with Crippen LogP contribution in [0.1, 0.15) is 18.4 Å². The number of nitrogens with zero attached hydrogens (tertiary/aromatic N) is 4. The number of rotatable bonds is 4. The zero-order valence-corrected chi connectivity index (χ0v) is 16.5. The molecule has 1 fully saturated rings. The summed E-state index contributed by atoms with van der Waals surface area (Å²) in [7, 11) is 0. The molecule has 1 atom stereocenters. The largest absolute Gasteiger partial charge is 0.416 e. The molecule has 9 heteroatoms. The summed E-state index contributed by atoms with van der Waals surface area (Å²) < 4.78 is 38.7. The molecule has 1 amide bonds.